The Morgan fingerprint density at radius 1 is 1.00 bits per heavy atom. The van der Waals surface area contributed by atoms with Gasteiger partial charge in [0.2, 0.25) is 0 Å². The molecule has 0 saturated heterocycles. The van der Waals surface area contributed by atoms with E-state index in [0.29, 0.717) is 0 Å². The maximum atomic E-state index is 11.7. The molecule has 1 aliphatic rings. The number of rotatable bonds is 4. The Hall–Kier alpha value is -1.93. The van der Waals surface area contributed by atoms with E-state index in [1.54, 1.807) is 0 Å². The summed E-state index contributed by atoms with van der Waals surface area (Å²) in [6.07, 6.45) is 1.09. The summed E-state index contributed by atoms with van der Waals surface area (Å²) in [5.41, 5.74) is 3.41. The van der Waals surface area contributed by atoms with Crippen molar-refractivity contribution in [1.82, 2.24) is 4.90 Å². The van der Waals surface area contributed by atoms with Crippen LogP contribution in [0.5, 0.6) is 0 Å². The molecule has 1 unspecified atom stereocenters. The van der Waals surface area contributed by atoms with E-state index in [1.807, 2.05) is 37.3 Å². The van der Waals surface area contributed by atoms with E-state index < -0.39 is 5.41 Å². The first-order valence-corrected chi connectivity index (χ1v) is 7.02. The predicted octanol–water partition coefficient (Wildman–Crippen LogP) is 3.16. The van der Waals surface area contributed by atoms with Gasteiger partial charge in [-0.25, -0.2) is 0 Å². The Balaban J connectivity index is 1.79. The summed E-state index contributed by atoms with van der Waals surface area (Å²) >= 11 is 0. The average Bonchev–Trinajstić information content (AvgIpc) is 2.90. The summed E-state index contributed by atoms with van der Waals surface area (Å²) in [6, 6.07) is 18.6. The summed E-state index contributed by atoms with van der Waals surface area (Å²) < 4.78 is 0. The van der Waals surface area contributed by atoms with Crippen molar-refractivity contribution in [3.63, 3.8) is 0 Å². The minimum Gasteiger partial charge on any atom is -0.302 e. The van der Waals surface area contributed by atoms with Crippen molar-refractivity contribution in [1.29, 1.82) is 0 Å². The van der Waals surface area contributed by atoms with Crippen LogP contribution in [0.15, 0.2) is 54.6 Å². The van der Waals surface area contributed by atoms with Crippen LogP contribution in [0.3, 0.4) is 0 Å². The molecule has 0 N–H and O–H groups in total. The van der Waals surface area contributed by atoms with E-state index in [4.69, 9.17) is 0 Å². The molecule has 0 aromatic heterocycles. The van der Waals surface area contributed by atoms with Crippen molar-refractivity contribution in [2.24, 2.45) is 0 Å². The number of benzene rings is 2. The van der Waals surface area contributed by atoms with Crippen LogP contribution in [0.4, 0.5) is 0 Å². The Bertz CT molecular complexity index is 583. The third-order valence-corrected chi connectivity index (χ3v) is 4.15. The van der Waals surface area contributed by atoms with Gasteiger partial charge in [-0.15, -0.1) is 0 Å². The highest BCUT2D eigenvalue weighted by molar-refractivity contribution is 5.68. The summed E-state index contributed by atoms with van der Waals surface area (Å²) in [4.78, 5) is 14.0. The van der Waals surface area contributed by atoms with E-state index in [2.05, 4.69) is 29.2 Å². The maximum Gasteiger partial charge on any atom is 0.131 e. The highest BCUT2D eigenvalue weighted by Gasteiger charge is 2.31. The van der Waals surface area contributed by atoms with Crippen LogP contribution >= 0.6 is 0 Å². The van der Waals surface area contributed by atoms with E-state index >= 15 is 0 Å². The van der Waals surface area contributed by atoms with Crippen molar-refractivity contribution in [3.8, 4) is 0 Å². The second kappa shape index (κ2) is 5.22. The second-order valence-electron chi connectivity index (χ2n) is 5.82. The minimum atomic E-state index is -0.441. The first-order valence-electron chi connectivity index (χ1n) is 7.02. The third kappa shape index (κ3) is 2.39. The van der Waals surface area contributed by atoms with Crippen molar-refractivity contribution >= 4 is 6.29 Å². The van der Waals surface area contributed by atoms with Crippen LogP contribution in [0, 0.1) is 0 Å². The zero-order chi connectivity index (χ0) is 14.0. The van der Waals surface area contributed by atoms with Crippen molar-refractivity contribution in [2.75, 3.05) is 6.54 Å². The molecule has 0 bridgehead atoms. The monoisotopic (exact) mass is 265 g/mol. The number of hydrogen-bond acceptors (Lipinski definition) is 2. The maximum absolute atomic E-state index is 11.7. The molecule has 0 amide bonds. The summed E-state index contributed by atoms with van der Waals surface area (Å²) in [5.74, 6) is 0. The normalized spacial score (nSPS) is 17.4. The van der Waals surface area contributed by atoms with Crippen LogP contribution in [0.25, 0.3) is 0 Å². The zero-order valence-electron chi connectivity index (χ0n) is 11.8. The lowest BCUT2D eigenvalue weighted by molar-refractivity contribution is -0.112. The number of hydrogen-bond donors (Lipinski definition) is 0. The topological polar surface area (TPSA) is 20.3 Å². The molecule has 2 aromatic carbocycles. The fourth-order valence-electron chi connectivity index (χ4n) is 3.00. The Morgan fingerprint density at radius 3 is 2.10 bits per heavy atom. The smallest absolute Gasteiger partial charge is 0.131 e. The van der Waals surface area contributed by atoms with Gasteiger partial charge in [0.1, 0.15) is 6.29 Å². The van der Waals surface area contributed by atoms with Gasteiger partial charge >= 0.3 is 0 Å². The van der Waals surface area contributed by atoms with E-state index in [1.165, 1.54) is 11.1 Å². The van der Waals surface area contributed by atoms with Crippen LogP contribution < -0.4 is 0 Å². The van der Waals surface area contributed by atoms with Crippen LogP contribution in [-0.2, 0) is 23.3 Å². The number of fused-ring (bicyclic) bond motifs is 1. The summed E-state index contributed by atoms with van der Waals surface area (Å²) in [5, 5.41) is 0. The first-order chi connectivity index (χ1) is 9.71. The molecule has 0 spiro atoms. The molecule has 0 aliphatic carbocycles. The summed E-state index contributed by atoms with van der Waals surface area (Å²) in [7, 11) is 0. The first kappa shape index (κ1) is 13.1. The average molecular weight is 265 g/mol. The molecule has 2 heteroatoms. The van der Waals surface area contributed by atoms with Crippen molar-refractivity contribution < 1.29 is 4.79 Å². The molecule has 20 heavy (non-hydrogen) atoms. The Labute approximate surface area is 120 Å². The molecule has 0 saturated carbocycles. The van der Waals surface area contributed by atoms with Crippen LogP contribution in [0.2, 0.25) is 0 Å². The number of aldehydes is 1. The molecule has 1 heterocycles. The van der Waals surface area contributed by atoms with E-state index in [9.17, 15) is 4.79 Å². The highest BCUT2D eigenvalue weighted by Crippen LogP contribution is 2.28. The molecule has 102 valence electrons. The largest absolute Gasteiger partial charge is 0.302 e. The quantitative estimate of drug-likeness (QED) is 0.791. The van der Waals surface area contributed by atoms with Gasteiger partial charge in [-0.2, -0.15) is 0 Å². The molecule has 2 nitrogen and oxygen atoms in total. The lowest BCUT2D eigenvalue weighted by Gasteiger charge is -2.29. The molecule has 1 aliphatic heterocycles. The Kier molecular flexibility index (Phi) is 3.41. The van der Waals surface area contributed by atoms with E-state index in [0.717, 1.165) is 31.5 Å². The lowest BCUT2D eigenvalue weighted by Crippen LogP contribution is -2.37. The van der Waals surface area contributed by atoms with Gasteiger partial charge < -0.3 is 4.79 Å². The SMILES string of the molecule is CC(C=O)(CN1Cc2ccccc2C1)c1ccccc1. The van der Waals surface area contributed by atoms with Gasteiger partial charge in [-0.1, -0.05) is 54.6 Å². The predicted molar refractivity (Wildman–Crippen MR) is 80.4 cm³/mol. The molecule has 0 fully saturated rings. The standard InChI is InChI=1S/C18H19NO/c1-18(14-20,17-9-3-2-4-10-17)13-19-11-15-7-5-6-8-16(15)12-19/h2-10,14H,11-13H2,1H3. The van der Waals surface area contributed by atoms with Crippen molar-refractivity contribution in [2.45, 2.75) is 25.4 Å². The van der Waals surface area contributed by atoms with Crippen LogP contribution in [-0.4, -0.2) is 17.7 Å². The fourth-order valence-corrected chi connectivity index (χ4v) is 3.00. The lowest BCUT2D eigenvalue weighted by atomic mass is 9.83. The van der Waals surface area contributed by atoms with Gasteiger partial charge in [0.05, 0.1) is 5.41 Å². The van der Waals surface area contributed by atoms with Gasteiger partial charge in [-0.05, 0) is 23.6 Å². The molecule has 2 aromatic rings. The van der Waals surface area contributed by atoms with Gasteiger partial charge in [0.25, 0.3) is 0 Å². The molecule has 0 radical (unpaired) electrons. The van der Waals surface area contributed by atoms with Crippen molar-refractivity contribution in [3.05, 3.63) is 71.3 Å². The number of carbonyl (C=O) groups excluding carboxylic acids is 1. The number of carbonyl (C=O) groups is 1. The van der Waals surface area contributed by atoms with Crippen LogP contribution in [0.1, 0.15) is 23.6 Å². The summed E-state index contributed by atoms with van der Waals surface area (Å²) in [6.45, 7) is 4.66. The van der Waals surface area contributed by atoms with Gasteiger partial charge in [0, 0.05) is 19.6 Å². The Morgan fingerprint density at radius 2 is 1.55 bits per heavy atom. The highest BCUT2D eigenvalue weighted by atomic mass is 16.1. The number of nitrogens with zero attached hydrogens (tertiary/aromatic N) is 1. The fraction of sp³-hybridized carbons (Fsp3) is 0.278. The second-order valence-corrected chi connectivity index (χ2v) is 5.82. The molecule has 1 atom stereocenters. The zero-order valence-corrected chi connectivity index (χ0v) is 11.8. The third-order valence-electron chi connectivity index (χ3n) is 4.15. The molecular weight excluding hydrogens is 246 g/mol. The molecular formula is C18H19NO. The van der Waals surface area contributed by atoms with Gasteiger partial charge in [-0.3, -0.25) is 4.90 Å². The minimum absolute atomic E-state index is 0.441. The van der Waals surface area contributed by atoms with Gasteiger partial charge in [0.15, 0.2) is 0 Å². The van der Waals surface area contributed by atoms with E-state index in [-0.39, 0.29) is 0 Å². The molecule has 3 rings (SSSR count).